The number of nitrogens with zero attached hydrogens (tertiary/aromatic N) is 2. The average Bonchev–Trinajstić information content (AvgIpc) is 3.45. The number of carbonyl (C=O) groups excluding carboxylic acids is 2. The molecule has 5 nitrogen and oxygen atoms in total. The van der Waals surface area contributed by atoms with E-state index >= 15 is 0 Å². The number of hydrogen-bond donors (Lipinski definition) is 1. The van der Waals surface area contributed by atoms with E-state index in [1.807, 2.05) is 6.92 Å². The monoisotopic (exact) mass is 383 g/mol. The van der Waals surface area contributed by atoms with Crippen molar-refractivity contribution in [2.75, 3.05) is 26.2 Å². The first kappa shape index (κ1) is 19.1. The van der Waals surface area contributed by atoms with Gasteiger partial charge in [0.05, 0.1) is 6.04 Å². The topological polar surface area (TPSA) is 52.7 Å². The Balaban J connectivity index is 1.50. The Morgan fingerprint density at radius 2 is 1.73 bits per heavy atom. The second kappa shape index (κ2) is 8.35. The lowest BCUT2D eigenvalue weighted by molar-refractivity contribution is -0.126. The molecule has 1 saturated heterocycles. The summed E-state index contributed by atoms with van der Waals surface area (Å²) in [5.41, 5.74) is 0.497. The van der Waals surface area contributed by atoms with Gasteiger partial charge >= 0.3 is 0 Å². The van der Waals surface area contributed by atoms with E-state index in [-0.39, 0.29) is 17.9 Å². The molecule has 1 aromatic rings. The van der Waals surface area contributed by atoms with Crippen molar-refractivity contribution in [3.05, 3.63) is 29.8 Å². The minimum Gasteiger partial charge on any atom is -0.352 e. The predicted octanol–water partition coefficient (Wildman–Crippen LogP) is 2.43. The zero-order valence-corrected chi connectivity index (χ0v) is 15.5. The third kappa shape index (κ3) is 4.94. The van der Waals surface area contributed by atoms with Crippen LogP contribution >= 0.6 is 11.8 Å². The lowest BCUT2D eigenvalue weighted by Gasteiger charge is -2.37. The molecule has 1 aromatic carbocycles. The van der Waals surface area contributed by atoms with Crippen molar-refractivity contribution >= 4 is 23.6 Å². The third-order valence-corrected chi connectivity index (χ3v) is 5.50. The molecule has 1 aliphatic heterocycles. The second-order valence-corrected chi connectivity index (χ2v) is 7.75. The van der Waals surface area contributed by atoms with Gasteiger partial charge in [0, 0.05) is 42.7 Å². The van der Waals surface area contributed by atoms with Crippen LogP contribution in [0.15, 0.2) is 29.2 Å². The summed E-state index contributed by atoms with van der Waals surface area (Å²) >= 11 is 0.466. The van der Waals surface area contributed by atoms with Gasteiger partial charge in [0.1, 0.15) is 0 Å². The Morgan fingerprint density at radius 1 is 1.12 bits per heavy atom. The van der Waals surface area contributed by atoms with Crippen molar-refractivity contribution < 1.29 is 18.4 Å². The van der Waals surface area contributed by atoms with E-state index in [1.165, 1.54) is 0 Å². The minimum atomic E-state index is -2.47. The zero-order valence-electron chi connectivity index (χ0n) is 14.7. The molecule has 2 aliphatic rings. The Labute approximate surface area is 156 Å². The number of nitrogens with one attached hydrogen (secondary N) is 1. The Hall–Kier alpha value is -1.67. The van der Waals surface area contributed by atoms with Crippen molar-refractivity contribution in [1.82, 2.24) is 15.1 Å². The van der Waals surface area contributed by atoms with E-state index in [0.717, 1.165) is 12.8 Å². The first-order valence-corrected chi connectivity index (χ1v) is 9.70. The van der Waals surface area contributed by atoms with Crippen LogP contribution in [0, 0.1) is 0 Å². The summed E-state index contributed by atoms with van der Waals surface area (Å²) in [7, 11) is 0. The van der Waals surface area contributed by atoms with Crippen molar-refractivity contribution in [3.63, 3.8) is 0 Å². The fourth-order valence-corrected chi connectivity index (χ4v) is 3.49. The fraction of sp³-hybridized carbons (Fsp3) is 0.556. The minimum absolute atomic E-state index is 0.0550. The Kier molecular flexibility index (Phi) is 6.13. The first-order valence-electron chi connectivity index (χ1n) is 8.82. The zero-order chi connectivity index (χ0) is 18.7. The molecule has 1 heterocycles. The van der Waals surface area contributed by atoms with Crippen LogP contribution < -0.4 is 5.32 Å². The van der Waals surface area contributed by atoms with Gasteiger partial charge in [0.2, 0.25) is 5.91 Å². The van der Waals surface area contributed by atoms with E-state index in [2.05, 4.69) is 10.2 Å². The van der Waals surface area contributed by atoms with Gasteiger partial charge in [-0.25, -0.2) is 0 Å². The number of carbonyl (C=O) groups is 2. The van der Waals surface area contributed by atoms with E-state index in [4.69, 9.17) is 0 Å². The molecule has 0 spiro atoms. The van der Waals surface area contributed by atoms with Gasteiger partial charge in [-0.15, -0.1) is 0 Å². The first-order chi connectivity index (χ1) is 12.4. The number of alkyl halides is 2. The highest BCUT2D eigenvalue weighted by atomic mass is 32.2. The molecular formula is C18H23F2N3O2S. The lowest BCUT2D eigenvalue weighted by atomic mass is 10.1. The van der Waals surface area contributed by atoms with E-state index in [0.29, 0.717) is 54.4 Å². The highest BCUT2D eigenvalue weighted by molar-refractivity contribution is 7.99. The number of rotatable bonds is 6. The van der Waals surface area contributed by atoms with Crippen LogP contribution in [0.1, 0.15) is 30.1 Å². The highest BCUT2D eigenvalue weighted by Gasteiger charge is 2.31. The molecule has 1 saturated carbocycles. The van der Waals surface area contributed by atoms with Crippen molar-refractivity contribution in [3.8, 4) is 0 Å². The molecule has 0 aromatic heterocycles. The molecule has 1 atom stereocenters. The molecular weight excluding hydrogens is 360 g/mol. The Bertz CT molecular complexity index is 644. The normalized spacial score (nSPS) is 19.5. The molecule has 26 heavy (non-hydrogen) atoms. The number of halogens is 2. The number of amides is 2. The molecule has 1 N–H and O–H groups in total. The molecule has 142 valence electrons. The van der Waals surface area contributed by atoms with Crippen LogP contribution in [0.4, 0.5) is 8.78 Å². The number of benzene rings is 1. The van der Waals surface area contributed by atoms with Crippen molar-refractivity contribution in [2.24, 2.45) is 0 Å². The summed E-state index contributed by atoms with van der Waals surface area (Å²) in [6.07, 6.45) is 2.13. The maximum atomic E-state index is 12.6. The van der Waals surface area contributed by atoms with Crippen LogP contribution in [0.25, 0.3) is 0 Å². The molecule has 0 bridgehead atoms. The standard InChI is InChI=1S/C18H23F2N3O2S/c1-12(16(24)21-14-4-5-14)22-8-10-23(11-9-22)17(25)13-2-6-15(7-3-13)26-18(19)20/h2-3,6-7,12,14,18H,4-5,8-11H2,1H3,(H,21,24). The molecule has 3 rings (SSSR count). The summed E-state index contributed by atoms with van der Waals surface area (Å²) < 4.78 is 24.7. The van der Waals surface area contributed by atoms with Gasteiger partial charge in [-0.3, -0.25) is 14.5 Å². The van der Waals surface area contributed by atoms with Crippen LogP contribution in [-0.4, -0.2) is 65.6 Å². The van der Waals surface area contributed by atoms with Gasteiger partial charge in [-0.1, -0.05) is 11.8 Å². The summed E-state index contributed by atoms with van der Waals surface area (Å²) in [6.45, 7) is 4.28. The number of piperazine rings is 1. The summed E-state index contributed by atoms with van der Waals surface area (Å²) in [5.74, 6) is -2.52. The Morgan fingerprint density at radius 3 is 2.27 bits per heavy atom. The van der Waals surface area contributed by atoms with Crippen LogP contribution in [0.2, 0.25) is 0 Å². The van der Waals surface area contributed by atoms with Gasteiger partial charge in [0.15, 0.2) is 0 Å². The maximum Gasteiger partial charge on any atom is 0.288 e. The SMILES string of the molecule is CC(C(=O)NC1CC1)N1CCN(C(=O)c2ccc(SC(F)F)cc2)CC1. The average molecular weight is 383 g/mol. The molecule has 1 unspecified atom stereocenters. The maximum absolute atomic E-state index is 12.6. The number of thioether (sulfide) groups is 1. The van der Waals surface area contributed by atoms with Crippen LogP contribution in [0.5, 0.6) is 0 Å². The number of hydrogen-bond acceptors (Lipinski definition) is 4. The summed E-state index contributed by atoms with van der Waals surface area (Å²) in [6, 6.07) is 6.42. The smallest absolute Gasteiger partial charge is 0.288 e. The van der Waals surface area contributed by atoms with Gasteiger partial charge in [0.25, 0.3) is 11.7 Å². The largest absolute Gasteiger partial charge is 0.352 e. The summed E-state index contributed by atoms with van der Waals surface area (Å²) in [5, 5.41) is 3.01. The van der Waals surface area contributed by atoms with Crippen molar-refractivity contribution in [1.29, 1.82) is 0 Å². The van der Waals surface area contributed by atoms with Gasteiger partial charge in [-0.2, -0.15) is 8.78 Å². The molecule has 8 heteroatoms. The van der Waals surface area contributed by atoms with Crippen LogP contribution in [-0.2, 0) is 4.79 Å². The van der Waals surface area contributed by atoms with E-state index < -0.39 is 5.76 Å². The quantitative estimate of drug-likeness (QED) is 0.767. The fourth-order valence-electron chi connectivity index (χ4n) is 2.99. The molecule has 2 amide bonds. The predicted molar refractivity (Wildman–Crippen MR) is 96.4 cm³/mol. The van der Waals surface area contributed by atoms with Crippen LogP contribution in [0.3, 0.4) is 0 Å². The lowest BCUT2D eigenvalue weighted by Crippen LogP contribution is -2.55. The van der Waals surface area contributed by atoms with E-state index in [1.54, 1.807) is 29.2 Å². The molecule has 1 aliphatic carbocycles. The van der Waals surface area contributed by atoms with Crippen molar-refractivity contribution in [2.45, 2.75) is 42.5 Å². The third-order valence-electron chi connectivity index (χ3n) is 4.78. The van der Waals surface area contributed by atoms with Gasteiger partial charge < -0.3 is 10.2 Å². The molecule has 2 fully saturated rings. The summed E-state index contributed by atoms with van der Waals surface area (Å²) in [4.78, 5) is 29.0. The second-order valence-electron chi connectivity index (χ2n) is 6.69. The van der Waals surface area contributed by atoms with E-state index in [9.17, 15) is 18.4 Å². The van der Waals surface area contributed by atoms with Gasteiger partial charge in [-0.05, 0) is 44.0 Å². The highest BCUT2D eigenvalue weighted by Crippen LogP contribution is 2.25. The molecule has 0 radical (unpaired) electrons.